The number of aryl methyl sites for hydroxylation is 1. The summed E-state index contributed by atoms with van der Waals surface area (Å²) in [6, 6.07) is 10.3. The average Bonchev–Trinajstić information content (AvgIpc) is 3.11. The Balaban J connectivity index is 0.00000312. The van der Waals surface area contributed by atoms with Crippen LogP contribution in [-0.4, -0.2) is 35.9 Å². The molecule has 0 atom stereocenters. The van der Waals surface area contributed by atoms with Crippen molar-refractivity contribution >= 4 is 29.9 Å². The Morgan fingerprint density at radius 2 is 1.96 bits per heavy atom. The van der Waals surface area contributed by atoms with Crippen LogP contribution in [0.2, 0.25) is 0 Å². The van der Waals surface area contributed by atoms with Gasteiger partial charge in [0.05, 0.1) is 13.2 Å². The molecule has 2 rings (SSSR count). The SMILES string of the molecule is CCNC(=NCc1ccc(COC)cc1)NCCCn1cccn1.I. The second-order valence-corrected chi connectivity index (χ2v) is 5.49. The molecule has 0 saturated carbocycles. The Morgan fingerprint density at radius 1 is 1.20 bits per heavy atom. The van der Waals surface area contributed by atoms with Crippen molar-refractivity contribution in [1.29, 1.82) is 0 Å². The van der Waals surface area contributed by atoms with Crippen molar-refractivity contribution in [3.63, 3.8) is 0 Å². The smallest absolute Gasteiger partial charge is 0.191 e. The minimum Gasteiger partial charge on any atom is -0.380 e. The van der Waals surface area contributed by atoms with Crippen LogP contribution in [0.3, 0.4) is 0 Å². The van der Waals surface area contributed by atoms with E-state index in [1.54, 1.807) is 13.3 Å². The lowest BCUT2D eigenvalue weighted by molar-refractivity contribution is 0.185. The van der Waals surface area contributed by atoms with Gasteiger partial charge >= 0.3 is 0 Å². The van der Waals surface area contributed by atoms with E-state index in [2.05, 4.69) is 51.9 Å². The molecule has 0 radical (unpaired) electrons. The molecule has 1 aromatic carbocycles. The van der Waals surface area contributed by atoms with Crippen LogP contribution < -0.4 is 10.6 Å². The highest BCUT2D eigenvalue weighted by atomic mass is 127. The first kappa shape index (κ1) is 21.4. The molecule has 2 N–H and O–H groups in total. The van der Waals surface area contributed by atoms with E-state index >= 15 is 0 Å². The number of nitrogens with zero attached hydrogens (tertiary/aromatic N) is 3. The van der Waals surface area contributed by atoms with Crippen molar-refractivity contribution in [2.24, 2.45) is 4.99 Å². The minimum atomic E-state index is 0. The Hall–Kier alpha value is -1.61. The van der Waals surface area contributed by atoms with E-state index < -0.39 is 0 Å². The Kier molecular flexibility index (Phi) is 10.9. The van der Waals surface area contributed by atoms with Gasteiger partial charge < -0.3 is 15.4 Å². The maximum atomic E-state index is 5.13. The monoisotopic (exact) mass is 457 g/mol. The van der Waals surface area contributed by atoms with Gasteiger partial charge in [-0.3, -0.25) is 4.68 Å². The summed E-state index contributed by atoms with van der Waals surface area (Å²) in [6.07, 6.45) is 4.78. The number of guanidine groups is 1. The standard InChI is InChI=1S/C18H27N5O.HI/c1-3-19-18(20-10-4-12-23-13-5-11-22-23)21-14-16-6-8-17(9-7-16)15-24-2;/h5-9,11,13H,3-4,10,12,14-15H2,1-2H3,(H2,19,20,21);1H. The van der Waals surface area contributed by atoms with Crippen LogP contribution in [0.25, 0.3) is 0 Å². The summed E-state index contributed by atoms with van der Waals surface area (Å²) < 4.78 is 7.06. The van der Waals surface area contributed by atoms with E-state index in [9.17, 15) is 0 Å². The molecule has 138 valence electrons. The molecule has 0 amide bonds. The predicted octanol–water partition coefficient (Wildman–Crippen LogP) is 2.79. The van der Waals surface area contributed by atoms with Gasteiger partial charge in [0.2, 0.25) is 0 Å². The van der Waals surface area contributed by atoms with Crippen molar-refractivity contribution in [3.8, 4) is 0 Å². The van der Waals surface area contributed by atoms with Crippen molar-refractivity contribution in [3.05, 3.63) is 53.9 Å². The van der Waals surface area contributed by atoms with Gasteiger partial charge in [-0.1, -0.05) is 24.3 Å². The third-order valence-corrected chi connectivity index (χ3v) is 3.51. The van der Waals surface area contributed by atoms with Crippen LogP contribution in [0.15, 0.2) is 47.7 Å². The first-order chi connectivity index (χ1) is 11.8. The van der Waals surface area contributed by atoms with Gasteiger partial charge in [-0.2, -0.15) is 5.10 Å². The van der Waals surface area contributed by atoms with Gasteiger partial charge in [0.15, 0.2) is 5.96 Å². The van der Waals surface area contributed by atoms with E-state index in [0.717, 1.165) is 32.0 Å². The highest BCUT2D eigenvalue weighted by Gasteiger charge is 1.99. The largest absolute Gasteiger partial charge is 0.380 e. The molecular weight excluding hydrogens is 429 g/mol. The molecule has 25 heavy (non-hydrogen) atoms. The molecule has 0 aliphatic carbocycles. The van der Waals surface area contributed by atoms with Crippen LogP contribution >= 0.6 is 24.0 Å². The van der Waals surface area contributed by atoms with Crippen molar-refractivity contribution in [1.82, 2.24) is 20.4 Å². The zero-order valence-corrected chi connectivity index (χ0v) is 17.3. The molecule has 0 saturated heterocycles. The van der Waals surface area contributed by atoms with E-state index in [4.69, 9.17) is 4.74 Å². The molecule has 0 fully saturated rings. The van der Waals surface area contributed by atoms with Crippen LogP contribution in [0.5, 0.6) is 0 Å². The number of benzene rings is 1. The van der Waals surface area contributed by atoms with Gasteiger partial charge in [-0.15, -0.1) is 24.0 Å². The van der Waals surface area contributed by atoms with Gasteiger partial charge in [-0.05, 0) is 30.5 Å². The zero-order chi connectivity index (χ0) is 17.0. The Labute approximate surface area is 167 Å². The molecular formula is C18H28IN5O. The summed E-state index contributed by atoms with van der Waals surface area (Å²) in [5.41, 5.74) is 2.36. The third kappa shape index (κ3) is 8.35. The summed E-state index contributed by atoms with van der Waals surface area (Å²) in [6.45, 7) is 5.98. The maximum absolute atomic E-state index is 5.13. The normalized spacial score (nSPS) is 11.0. The van der Waals surface area contributed by atoms with Crippen LogP contribution in [0.1, 0.15) is 24.5 Å². The fourth-order valence-electron chi connectivity index (χ4n) is 2.30. The highest BCUT2D eigenvalue weighted by molar-refractivity contribution is 14.0. The zero-order valence-electron chi connectivity index (χ0n) is 14.9. The molecule has 0 unspecified atom stereocenters. The first-order valence-corrected chi connectivity index (χ1v) is 8.38. The molecule has 0 bridgehead atoms. The third-order valence-electron chi connectivity index (χ3n) is 3.51. The Morgan fingerprint density at radius 3 is 2.60 bits per heavy atom. The minimum absolute atomic E-state index is 0. The lowest BCUT2D eigenvalue weighted by Crippen LogP contribution is -2.38. The number of hydrogen-bond donors (Lipinski definition) is 2. The number of ether oxygens (including phenoxy) is 1. The predicted molar refractivity (Wildman–Crippen MR) is 112 cm³/mol. The molecule has 1 heterocycles. The summed E-state index contributed by atoms with van der Waals surface area (Å²) in [7, 11) is 1.71. The molecule has 2 aromatic rings. The van der Waals surface area contributed by atoms with Gasteiger partial charge in [0, 0.05) is 39.1 Å². The summed E-state index contributed by atoms with van der Waals surface area (Å²) >= 11 is 0. The number of rotatable bonds is 9. The number of methoxy groups -OCH3 is 1. The van der Waals surface area contributed by atoms with Crippen LogP contribution in [0, 0.1) is 0 Å². The number of aromatic nitrogens is 2. The summed E-state index contributed by atoms with van der Waals surface area (Å²) in [5.74, 6) is 0.846. The molecule has 0 spiro atoms. The number of nitrogens with one attached hydrogen (secondary N) is 2. The first-order valence-electron chi connectivity index (χ1n) is 8.38. The molecule has 0 aliphatic rings. The van der Waals surface area contributed by atoms with E-state index in [-0.39, 0.29) is 24.0 Å². The van der Waals surface area contributed by atoms with Gasteiger partial charge in [-0.25, -0.2) is 4.99 Å². The number of halogens is 1. The van der Waals surface area contributed by atoms with Gasteiger partial charge in [0.1, 0.15) is 0 Å². The number of hydrogen-bond acceptors (Lipinski definition) is 3. The second kappa shape index (κ2) is 12.7. The highest BCUT2D eigenvalue weighted by Crippen LogP contribution is 2.06. The average molecular weight is 457 g/mol. The summed E-state index contributed by atoms with van der Waals surface area (Å²) in [4.78, 5) is 4.63. The molecule has 0 aliphatic heterocycles. The Bertz CT molecular complexity index is 598. The van der Waals surface area contributed by atoms with Crippen molar-refractivity contribution in [2.75, 3.05) is 20.2 Å². The fourth-order valence-corrected chi connectivity index (χ4v) is 2.30. The van der Waals surface area contributed by atoms with Crippen LogP contribution in [0.4, 0.5) is 0 Å². The second-order valence-electron chi connectivity index (χ2n) is 5.49. The van der Waals surface area contributed by atoms with Crippen molar-refractivity contribution < 1.29 is 4.74 Å². The lowest BCUT2D eigenvalue weighted by atomic mass is 10.1. The van der Waals surface area contributed by atoms with Crippen molar-refractivity contribution in [2.45, 2.75) is 33.0 Å². The van der Waals surface area contributed by atoms with Crippen LogP contribution in [-0.2, 0) is 24.4 Å². The summed E-state index contributed by atoms with van der Waals surface area (Å²) in [5, 5.41) is 10.8. The fraction of sp³-hybridized carbons (Fsp3) is 0.444. The lowest BCUT2D eigenvalue weighted by Gasteiger charge is -2.11. The van der Waals surface area contributed by atoms with Gasteiger partial charge in [0.25, 0.3) is 0 Å². The molecule has 1 aromatic heterocycles. The molecule has 7 heteroatoms. The van der Waals surface area contributed by atoms with E-state index in [1.807, 2.05) is 16.9 Å². The van der Waals surface area contributed by atoms with E-state index in [0.29, 0.717) is 13.2 Å². The maximum Gasteiger partial charge on any atom is 0.191 e. The molecule has 6 nitrogen and oxygen atoms in total. The quantitative estimate of drug-likeness (QED) is 0.263. The van der Waals surface area contributed by atoms with E-state index in [1.165, 1.54) is 11.1 Å². The topological polar surface area (TPSA) is 63.5 Å². The number of aliphatic imine (C=N–C) groups is 1.